The van der Waals surface area contributed by atoms with Crippen LogP contribution in [0.15, 0.2) is 0 Å². The smallest absolute Gasteiger partial charge is 0.326 e. The third-order valence-corrected chi connectivity index (χ3v) is 2.82. The highest BCUT2D eigenvalue weighted by molar-refractivity contribution is 5.98. The summed E-state index contributed by atoms with van der Waals surface area (Å²) >= 11 is 0. The number of aliphatic carboxylic acids is 1. The molecule has 0 radical (unpaired) electrons. The lowest BCUT2D eigenvalue weighted by molar-refractivity contribution is -0.142. The van der Waals surface area contributed by atoms with Gasteiger partial charge in [-0.05, 0) is 12.3 Å². The molecule has 0 unspecified atom stereocenters. The Morgan fingerprint density at radius 2 is 2.05 bits per heavy atom. The van der Waals surface area contributed by atoms with Crippen molar-refractivity contribution in [2.45, 2.75) is 32.7 Å². The number of carbonyl (C=O) groups is 4. The minimum atomic E-state index is -1.11. The van der Waals surface area contributed by atoms with E-state index in [4.69, 9.17) is 5.11 Å². The van der Waals surface area contributed by atoms with Crippen LogP contribution in [-0.2, 0) is 14.4 Å². The lowest BCUT2D eigenvalue weighted by Crippen LogP contribution is -2.54. The van der Waals surface area contributed by atoms with E-state index in [1.165, 1.54) is 4.90 Å². The predicted molar refractivity (Wildman–Crippen MR) is 68.8 cm³/mol. The normalized spacial score (nSPS) is 16.9. The summed E-state index contributed by atoms with van der Waals surface area (Å²) in [6.45, 7) is 3.60. The van der Waals surface area contributed by atoms with Gasteiger partial charge in [-0.25, -0.2) is 9.59 Å². The molecule has 0 spiro atoms. The third kappa shape index (κ3) is 4.87. The Kier molecular flexibility index (Phi) is 5.48. The zero-order chi connectivity index (χ0) is 15.3. The van der Waals surface area contributed by atoms with Crippen molar-refractivity contribution < 1.29 is 24.3 Å². The summed E-state index contributed by atoms with van der Waals surface area (Å²) in [6, 6.07) is -1.61. The molecule has 1 rings (SSSR count). The zero-order valence-electron chi connectivity index (χ0n) is 11.5. The van der Waals surface area contributed by atoms with Crippen molar-refractivity contribution in [3.8, 4) is 0 Å². The van der Waals surface area contributed by atoms with Crippen molar-refractivity contribution in [1.82, 2.24) is 15.5 Å². The first kappa shape index (κ1) is 15.9. The van der Waals surface area contributed by atoms with Crippen molar-refractivity contribution >= 4 is 23.8 Å². The summed E-state index contributed by atoms with van der Waals surface area (Å²) in [6.07, 6.45) is 0.444. The average molecular weight is 285 g/mol. The van der Waals surface area contributed by atoms with E-state index in [-0.39, 0.29) is 31.3 Å². The number of hydrogen-bond acceptors (Lipinski definition) is 4. The van der Waals surface area contributed by atoms with Crippen molar-refractivity contribution in [2.24, 2.45) is 5.92 Å². The fourth-order valence-electron chi connectivity index (χ4n) is 1.86. The van der Waals surface area contributed by atoms with E-state index in [0.29, 0.717) is 6.42 Å². The van der Waals surface area contributed by atoms with Gasteiger partial charge in [0.1, 0.15) is 12.6 Å². The van der Waals surface area contributed by atoms with Crippen LogP contribution in [0.4, 0.5) is 4.79 Å². The molecule has 1 aliphatic rings. The first-order valence-corrected chi connectivity index (χ1v) is 6.40. The third-order valence-electron chi connectivity index (χ3n) is 2.82. The van der Waals surface area contributed by atoms with Gasteiger partial charge in [0, 0.05) is 13.0 Å². The maximum Gasteiger partial charge on any atom is 0.326 e. The molecule has 8 heteroatoms. The minimum absolute atomic E-state index is 0.118. The van der Waals surface area contributed by atoms with Crippen LogP contribution in [0, 0.1) is 5.92 Å². The zero-order valence-corrected chi connectivity index (χ0v) is 11.5. The Balaban J connectivity index is 2.51. The first-order chi connectivity index (χ1) is 9.29. The van der Waals surface area contributed by atoms with E-state index in [1.54, 1.807) is 0 Å². The number of carbonyl (C=O) groups excluding carboxylic acids is 3. The van der Waals surface area contributed by atoms with Crippen LogP contribution >= 0.6 is 0 Å². The molecule has 0 saturated carbocycles. The van der Waals surface area contributed by atoms with Gasteiger partial charge in [0.15, 0.2) is 0 Å². The van der Waals surface area contributed by atoms with E-state index in [0.717, 1.165) is 0 Å². The summed E-state index contributed by atoms with van der Waals surface area (Å²) in [5.41, 5.74) is 0. The van der Waals surface area contributed by atoms with Crippen molar-refractivity contribution in [1.29, 1.82) is 0 Å². The largest absolute Gasteiger partial charge is 0.480 e. The van der Waals surface area contributed by atoms with E-state index < -0.39 is 23.9 Å². The molecule has 0 aromatic carbocycles. The van der Waals surface area contributed by atoms with Crippen molar-refractivity contribution in [3.63, 3.8) is 0 Å². The number of amides is 4. The average Bonchev–Trinajstić information content (AvgIpc) is 2.31. The van der Waals surface area contributed by atoms with E-state index in [2.05, 4.69) is 10.6 Å². The van der Waals surface area contributed by atoms with Crippen LogP contribution in [0.25, 0.3) is 0 Å². The van der Waals surface area contributed by atoms with Crippen LogP contribution in [0.5, 0.6) is 0 Å². The highest BCUT2D eigenvalue weighted by Crippen LogP contribution is 2.05. The standard InChI is InChI=1S/C12H19N3O5/c1-7(2)5-8(11(18)19)13-10(17)6-15-4-3-9(16)14-12(15)20/h7-8H,3-6H2,1-2H3,(H,13,17)(H,18,19)(H,14,16,20)/t8-/m1/s1. The maximum atomic E-state index is 11.8. The molecule has 0 aromatic heterocycles. The molecule has 0 aliphatic carbocycles. The Morgan fingerprint density at radius 3 is 2.55 bits per heavy atom. The molecule has 0 bridgehead atoms. The molecule has 1 aliphatic heterocycles. The number of hydrogen-bond donors (Lipinski definition) is 3. The molecule has 20 heavy (non-hydrogen) atoms. The second kappa shape index (κ2) is 6.88. The van der Waals surface area contributed by atoms with Crippen LogP contribution in [0.2, 0.25) is 0 Å². The Morgan fingerprint density at radius 1 is 1.40 bits per heavy atom. The Labute approximate surface area is 116 Å². The fraction of sp³-hybridized carbons (Fsp3) is 0.667. The van der Waals surface area contributed by atoms with Gasteiger partial charge in [-0.1, -0.05) is 13.8 Å². The van der Waals surface area contributed by atoms with E-state index in [9.17, 15) is 19.2 Å². The minimum Gasteiger partial charge on any atom is -0.480 e. The number of urea groups is 1. The Hall–Kier alpha value is -2.12. The SMILES string of the molecule is CC(C)C[C@@H](NC(=O)CN1CCC(=O)NC1=O)C(=O)O. The summed E-state index contributed by atoms with van der Waals surface area (Å²) in [5.74, 6) is -1.92. The first-order valence-electron chi connectivity index (χ1n) is 6.40. The molecule has 112 valence electrons. The Bertz CT molecular complexity index is 421. The lowest BCUT2D eigenvalue weighted by atomic mass is 10.0. The number of carboxylic acids is 1. The molecule has 1 atom stereocenters. The molecule has 3 N–H and O–H groups in total. The van der Waals surface area contributed by atoms with Gasteiger partial charge >= 0.3 is 12.0 Å². The number of nitrogens with zero attached hydrogens (tertiary/aromatic N) is 1. The number of carboxylic acid groups (broad SMARTS) is 1. The highest BCUT2D eigenvalue weighted by Gasteiger charge is 2.27. The molecule has 1 heterocycles. The fourth-order valence-corrected chi connectivity index (χ4v) is 1.86. The molecule has 1 fully saturated rings. The number of rotatable bonds is 6. The quantitative estimate of drug-likeness (QED) is 0.611. The topological polar surface area (TPSA) is 116 Å². The molecular weight excluding hydrogens is 266 g/mol. The summed E-state index contributed by atoms with van der Waals surface area (Å²) in [7, 11) is 0. The molecular formula is C12H19N3O5. The predicted octanol–water partition coefficient (Wildman–Crippen LogP) is -0.456. The maximum absolute atomic E-state index is 11.8. The molecule has 8 nitrogen and oxygen atoms in total. The van der Waals surface area contributed by atoms with E-state index in [1.807, 2.05) is 13.8 Å². The summed E-state index contributed by atoms with van der Waals surface area (Å²) in [4.78, 5) is 46.3. The second-order valence-electron chi connectivity index (χ2n) is 5.11. The van der Waals surface area contributed by atoms with Crippen LogP contribution in [0.3, 0.4) is 0 Å². The van der Waals surface area contributed by atoms with Crippen LogP contribution in [-0.4, -0.2) is 53.0 Å². The monoisotopic (exact) mass is 285 g/mol. The van der Waals surface area contributed by atoms with Gasteiger partial charge < -0.3 is 15.3 Å². The van der Waals surface area contributed by atoms with Crippen molar-refractivity contribution in [2.75, 3.05) is 13.1 Å². The van der Waals surface area contributed by atoms with Gasteiger partial charge in [0.05, 0.1) is 0 Å². The van der Waals surface area contributed by atoms with Gasteiger partial charge in [-0.2, -0.15) is 0 Å². The van der Waals surface area contributed by atoms with Gasteiger partial charge in [-0.3, -0.25) is 14.9 Å². The van der Waals surface area contributed by atoms with Gasteiger partial charge in [0.2, 0.25) is 11.8 Å². The lowest BCUT2D eigenvalue weighted by Gasteiger charge is -2.26. The molecule has 0 aromatic rings. The summed E-state index contributed by atoms with van der Waals surface area (Å²) in [5, 5.41) is 13.5. The number of nitrogens with one attached hydrogen (secondary N) is 2. The molecule has 4 amide bonds. The molecule has 1 saturated heterocycles. The van der Waals surface area contributed by atoms with Gasteiger partial charge in [0.25, 0.3) is 0 Å². The second-order valence-corrected chi connectivity index (χ2v) is 5.11. The highest BCUT2D eigenvalue weighted by atomic mass is 16.4. The van der Waals surface area contributed by atoms with Gasteiger partial charge in [-0.15, -0.1) is 0 Å². The number of imide groups is 1. The van der Waals surface area contributed by atoms with Crippen LogP contribution < -0.4 is 10.6 Å². The van der Waals surface area contributed by atoms with Crippen molar-refractivity contribution in [3.05, 3.63) is 0 Å². The summed E-state index contributed by atoms with van der Waals surface area (Å²) < 4.78 is 0. The van der Waals surface area contributed by atoms with Crippen LogP contribution in [0.1, 0.15) is 26.7 Å². The van der Waals surface area contributed by atoms with E-state index >= 15 is 0 Å².